The lowest BCUT2D eigenvalue weighted by Crippen LogP contribution is -2.45. The molecule has 0 radical (unpaired) electrons. The van der Waals surface area contributed by atoms with Gasteiger partial charge in [-0.15, -0.1) is 15.3 Å². The van der Waals surface area contributed by atoms with Crippen molar-refractivity contribution in [3.63, 3.8) is 0 Å². The highest BCUT2D eigenvalue weighted by Gasteiger charge is 2.41. The van der Waals surface area contributed by atoms with Crippen LogP contribution in [-0.2, 0) is 6.18 Å². The molecule has 3 aromatic carbocycles. The lowest BCUT2D eigenvalue weighted by atomic mass is 9.99. The third-order valence-electron chi connectivity index (χ3n) is 7.04. The molecule has 6 rings (SSSR count). The van der Waals surface area contributed by atoms with Gasteiger partial charge in [0.1, 0.15) is 6.33 Å². The number of imidazole rings is 1. The molecular formula is C30H26F3N7OS. The van der Waals surface area contributed by atoms with Gasteiger partial charge in [0.25, 0.3) is 0 Å². The van der Waals surface area contributed by atoms with E-state index in [0.29, 0.717) is 22.0 Å². The molecule has 0 amide bonds. The van der Waals surface area contributed by atoms with Crippen LogP contribution in [0.15, 0.2) is 83.3 Å². The second kappa shape index (κ2) is 10.5. The fourth-order valence-electron chi connectivity index (χ4n) is 4.99. The number of hydrogen-bond donors (Lipinski definition) is 1. The van der Waals surface area contributed by atoms with E-state index >= 15 is 0 Å². The standard InChI is InChI=1S/C30H26F3N7OS/c1-18(2)21-6-4-5-7-23(21)40-28(42-16-29(40,3)41)38-35-15-19-8-10-22-20(14-19)9-11-24-27(22)34-17-39(24)26-13-12-25(36-37-26)30(31,32)33/h4-15,17-18,41H,16H2,1-3H3/b35-15+,38-28-. The summed E-state index contributed by atoms with van der Waals surface area (Å²) in [4.78, 5) is 6.34. The number of alkyl halides is 3. The quantitative estimate of drug-likeness (QED) is 0.180. The zero-order chi connectivity index (χ0) is 29.6. The van der Waals surface area contributed by atoms with Crippen LogP contribution in [0.3, 0.4) is 0 Å². The number of aliphatic hydroxyl groups is 1. The maximum atomic E-state index is 12.9. The van der Waals surface area contributed by atoms with E-state index < -0.39 is 17.6 Å². The SMILES string of the molecule is CC(C)c1ccccc1N1/C(=N/N=C/c2ccc3c(ccc4c3ncn4-c3ccc(C(F)(F)F)nn3)c2)SCC1(C)O. The van der Waals surface area contributed by atoms with Crippen LogP contribution in [0.2, 0.25) is 0 Å². The number of anilines is 1. The summed E-state index contributed by atoms with van der Waals surface area (Å²) in [5.41, 5.74) is 2.07. The monoisotopic (exact) mass is 589 g/mol. The first-order chi connectivity index (χ1) is 20.0. The number of amidine groups is 1. The molecule has 0 bridgehead atoms. The van der Waals surface area contributed by atoms with E-state index in [1.165, 1.54) is 24.2 Å². The first-order valence-electron chi connectivity index (χ1n) is 13.2. The number of aromatic nitrogens is 4. The molecule has 1 saturated heterocycles. The Balaban J connectivity index is 1.28. The molecule has 0 saturated carbocycles. The maximum absolute atomic E-state index is 12.9. The van der Waals surface area contributed by atoms with E-state index in [4.69, 9.17) is 0 Å². The Morgan fingerprint density at radius 2 is 1.86 bits per heavy atom. The van der Waals surface area contributed by atoms with E-state index in [1.807, 2.05) is 53.4 Å². The molecule has 5 aromatic rings. The second-order valence-corrected chi connectivity index (χ2v) is 11.4. The summed E-state index contributed by atoms with van der Waals surface area (Å²) >= 11 is 1.45. The highest BCUT2D eigenvalue weighted by atomic mass is 32.2. The second-order valence-electron chi connectivity index (χ2n) is 10.5. The van der Waals surface area contributed by atoms with Gasteiger partial charge in [-0.25, -0.2) is 4.98 Å². The molecule has 8 nitrogen and oxygen atoms in total. The highest BCUT2D eigenvalue weighted by Crippen LogP contribution is 2.39. The van der Waals surface area contributed by atoms with Crippen LogP contribution in [0.4, 0.5) is 18.9 Å². The number of thioether (sulfide) groups is 1. The Kier molecular flexibility index (Phi) is 6.98. The van der Waals surface area contributed by atoms with Crippen LogP contribution in [0.5, 0.6) is 0 Å². The van der Waals surface area contributed by atoms with Crippen LogP contribution in [0.1, 0.15) is 43.5 Å². The van der Waals surface area contributed by atoms with Crippen molar-refractivity contribution in [3.05, 3.63) is 89.9 Å². The first kappa shape index (κ1) is 27.9. The van der Waals surface area contributed by atoms with Crippen molar-refractivity contribution < 1.29 is 18.3 Å². The van der Waals surface area contributed by atoms with Crippen molar-refractivity contribution in [1.82, 2.24) is 19.7 Å². The van der Waals surface area contributed by atoms with Crippen molar-refractivity contribution in [2.75, 3.05) is 10.7 Å². The van der Waals surface area contributed by atoms with Gasteiger partial charge in [-0.1, -0.05) is 62.0 Å². The van der Waals surface area contributed by atoms with Gasteiger partial charge >= 0.3 is 6.18 Å². The fourth-order valence-corrected chi connectivity index (χ4v) is 6.05. The number of hydrogen-bond acceptors (Lipinski definition) is 7. The zero-order valence-electron chi connectivity index (χ0n) is 22.9. The van der Waals surface area contributed by atoms with Gasteiger partial charge in [0.15, 0.2) is 22.4 Å². The van der Waals surface area contributed by atoms with Gasteiger partial charge in [0, 0.05) is 16.8 Å². The molecule has 12 heteroatoms. The summed E-state index contributed by atoms with van der Waals surface area (Å²) < 4.78 is 40.3. The van der Waals surface area contributed by atoms with Gasteiger partial charge < -0.3 is 5.11 Å². The summed E-state index contributed by atoms with van der Waals surface area (Å²) in [5, 5.41) is 29.4. The van der Waals surface area contributed by atoms with Crippen LogP contribution < -0.4 is 4.90 Å². The smallest absolute Gasteiger partial charge is 0.370 e. The Bertz CT molecular complexity index is 1850. The molecular weight excluding hydrogens is 563 g/mol. The van der Waals surface area contributed by atoms with Crippen molar-refractivity contribution in [2.24, 2.45) is 10.2 Å². The van der Waals surface area contributed by atoms with Crippen molar-refractivity contribution in [3.8, 4) is 5.82 Å². The third-order valence-corrected chi connectivity index (χ3v) is 8.25. The van der Waals surface area contributed by atoms with Crippen LogP contribution in [-0.4, -0.2) is 47.7 Å². The Labute approximate surface area is 243 Å². The molecule has 3 heterocycles. The average molecular weight is 590 g/mol. The molecule has 1 N–H and O–H groups in total. The van der Waals surface area contributed by atoms with Crippen LogP contribution in [0, 0.1) is 0 Å². The number of fused-ring (bicyclic) bond motifs is 3. The largest absolute Gasteiger partial charge is 0.435 e. The van der Waals surface area contributed by atoms with E-state index in [9.17, 15) is 18.3 Å². The first-order valence-corrected chi connectivity index (χ1v) is 14.2. The third kappa shape index (κ3) is 5.12. The summed E-state index contributed by atoms with van der Waals surface area (Å²) in [6.45, 7) is 6.01. The number of nitrogens with zero attached hydrogens (tertiary/aromatic N) is 7. The van der Waals surface area contributed by atoms with Crippen molar-refractivity contribution in [1.29, 1.82) is 0 Å². The van der Waals surface area contributed by atoms with Gasteiger partial charge in [-0.2, -0.15) is 18.3 Å². The Morgan fingerprint density at radius 3 is 2.60 bits per heavy atom. The predicted octanol–water partition coefficient (Wildman–Crippen LogP) is 6.76. The number of halogens is 3. The molecule has 1 unspecified atom stereocenters. The lowest BCUT2D eigenvalue weighted by Gasteiger charge is -2.32. The van der Waals surface area contributed by atoms with Gasteiger partial charge in [-0.3, -0.25) is 9.47 Å². The topological polar surface area (TPSA) is 91.8 Å². The van der Waals surface area contributed by atoms with Crippen LogP contribution >= 0.6 is 11.8 Å². The van der Waals surface area contributed by atoms with Crippen molar-refractivity contribution in [2.45, 2.75) is 38.6 Å². The van der Waals surface area contributed by atoms with E-state index in [2.05, 4.69) is 45.3 Å². The van der Waals surface area contributed by atoms with E-state index in [-0.39, 0.29) is 11.7 Å². The number of rotatable bonds is 5. The Morgan fingerprint density at radius 1 is 1.05 bits per heavy atom. The number of benzene rings is 3. The minimum absolute atomic E-state index is 0.238. The summed E-state index contributed by atoms with van der Waals surface area (Å²) in [6.07, 6.45) is -1.38. The Hall–Kier alpha value is -4.29. The highest BCUT2D eigenvalue weighted by molar-refractivity contribution is 8.14. The van der Waals surface area contributed by atoms with Crippen LogP contribution in [0.25, 0.3) is 27.6 Å². The number of para-hydroxylation sites is 1. The van der Waals surface area contributed by atoms with Gasteiger partial charge in [0.2, 0.25) is 0 Å². The maximum Gasteiger partial charge on any atom is 0.435 e. The molecule has 1 fully saturated rings. The minimum Gasteiger partial charge on any atom is -0.370 e. The lowest BCUT2D eigenvalue weighted by molar-refractivity contribution is -0.141. The molecule has 1 aliphatic heterocycles. The molecule has 214 valence electrons. The molecule has 0 spiro atoms. The summed E-state index contributed by atoms with van der Waals surface area (Å²) in [7, 11) is 0. The predicted molar refractivity (Wildman–Crippen MR) is 160 cm³/mol. The molecule has 1 atom stereocenters. The minimum atomic E-state index is -4.56. The van der Waals surface area contributed by atoms with Gasteiger partial charge in [0.05, 0.1) is 17.2 Å². The van der Waals surface area contributed by atoms with E-state index in [0.717, 1.165) is 33.7 Å². The van der Waals surface area contributed by atoms with Crippen molar-refractivity contribution >= 4 is 50.6 Å². The molecule has 0 aliphatic carbocycles. The fraction of sp³-hybridized carbons (Fsp3) is 0.233. The zero-order valence-corrected chi connectivity index (χ0v) is 23.7. The van der Waals surface area contributed by atoms with Gasteiger partial charge in [-0.05, 0) is 59.7 Å². The van der Waals surface area contributed by atoms with E-state index in [1.54, 1.807) is 17.7 Å². The normalized spacial score (nSPS) is 18.9. The molecule has 2 aromatic heterocycles. The summed E-state index contributed by atoms with van der Waals surface area (Å²) in [6, 6.07) is 19.7. The molecule has 42 heavy (non-hydrogen) atoms. The average Bonchev–Trinajstić information content (AvgIpc) is 3.52. The summed E-state index contributed by atoms with van der Waals surface area (Å²) in [5.74, 6) is 0.969. The molecule has 1 aliphatic rings.